The summed E-state index contributed by atoms with van der Waals surface area (Å²) in [6, 6.07) is 9.11. The molecule has 0 saturated carbocycles. The average molecular weight is 338 g/mol. The number of hydrogen-bond acceptors (Lipinski definition) is 5. The number of halogens is 1. The van der Waals surface area contributed by atoms with E-state index in [-0.39, 0.29) is 11.4 Å². The standard InChI is InChI=1S/C12H8BrN3O4/c13-11-6-5-10(20-11)12(17)15-14-7-8-3-1-2-4-9(8)16(18)19/h1-7H,(H,15,17)/b14-7-. The highest BCUT2D eigenvalue weighted by Gasteiger charge is 2.11. The van der Waals surface area contributed by atoms with E-state index in [0.717, 1.165) is 0 Å². The van der Waals surface area contributed by atoms with Gasteiger partial charge < -0.3 is 4.42 Å². The zero-order valence-corrected chi connectivity index (χ0v) is 11.5. The summed E-state index contributed by atoms with van der Waals surface area (Å²) in [5.74, 6) is -0.470. The van der Waals surface area contributed by atoms with Gasteiger partial charge in [0, 0.05) is 6.07 Å². The second-order valence-corrected chi connectivity index (χ2v) is 4.40. The van der Waals surface area contributed by atoms with E-state index >= 15 is 0 Å². The molecule has 7 nitrogen and oxygen atoms in total. The monoisotopic (exact) mass is 337 g/mol. The lowest BCUT2D eigenvalue weighted by molar-refractivity contribution is -0.385. The molecular weight excluding hydrogens is 330 g/mol. The van der Waals surface area contributed by atoms with E-state index < -0.39 is 10.8 Å². The summed E-state index contributed by atoms with van der Waals surface area (Å²) in [5.41, 5.74) is 2.42. The quantitative estimate of drug-likeness (QED) is 0.526. The van der Waals surface area contributed by atoms with Gasteiger partial charge in [0.2, 0.25) is 0 Å². The van der Waals surface area contributed by atoms with Crippen molar-refractivity contribution in [3.05, 3.63) is 62.5 Å². The molecule has 0 bridgehead atoms. The fourth-order valence-corrected chi connectivity index (χ4v) is 1.72. The highest BCUT2D eigenvalue weighted by atomic mass is 79.9. The predicted octanol–water partition coefficient (Wildman–Crippen LogP) is 2.71. The Hall–Kier alpha value is -2.48. The summed E-state index contributed by atoms with van der Waals surface area (Å²) >= 11 is 3.07. The van der Waals surface area contributed by atoms with Crippen LogP contribution in [-0.4, -0.2) is 17.0 Å². The Bertz CT molecular complexity index is 681. The van der Waals surface area contributed by atoms with Crippen LogP contribution in [0.2, 0.25) is 0 Å². The van der Waals surface area contributed by atoms with Crippen molar-refractivity contribution in [2.75, 3.05) is 0 Å². The van der Waals surface area contributed by atoms with Gasteiger partial charge in [-0.15, -0.1) is 0 Å². The van der Waals surface area contributed by atoms with Gasteiger partial charge >= 0.3 is 5.91 Å². The van der Waals surface area contributed by atoms with Gasteiger partial charge in [-0.2, -0.15) is 5.10 Å². The molecule has 20 heavy (non-hydrogen) atoms. The van der Waals surface area contributed by atoms with Crippen LogP contribution in [0.5, 0.6) is 0 Å². The summed E-state index contributed by atoms with van der Waals surface area (Å²) < 4.78 is 5.45. The number of nitro benzene ring substituents is 1. The van der Waals surface area contributed by atoms with E-state index in [1.54, 1.807) is 18.2 Å². The zero-order valence-electron chi connectivity index (χ0n) is 9.95. The van der Waals surface area contributed by atoms with Gasteiger partial charge in [0.25, 0.3) is 5.69 Å². The molecule has 102 valence electrons. The van der Waals surface area contributed by atoms with Crippen LogP contribution in [0, 0.1) is 10.1 Å². The molecule has 0 saturated heterocycles. The highest BCUT2D eigenvalue weighted by Crippen LogP contribution is 2.15. The van der Waals surface area contributed by atoms with E-state index in [1.165, 1.54) is 24.4 Å². The molecule has 1 N–H and O–H groups in total. The number of benzene rings is 1. The van der Waals surface area contributed by atoms with Gasteiger partial charge in [-0.05, 0) is 34.1 Å². The van der Waals surface area contributed by atoms with Crippen LogP contribution < -0.4 is 5.43 Å². The Morgan fingerprint density at radius 2 is 2.10 bits per heavy atom. The molecular formula is C12H8BrN3O4. The molecule has 1 heterocycles. The Morgan fingerprint density at radius 3 is 2.75 bits per heavy atom. The van der Waals surface area contributed by atoms with Crippen molar-refractivity contribution < 1.29 is 14.1 Å². The molecule has 0 atom stereocenters. The topological polar surface area (TPSA) is 97.7 Å². The largest absolute Gasteiger partial charge is 0.444 e. The van der Waals surface area contributed by atoms with Gasteiger partial charge in [-0.25, -0.2) is 5.43 Å². The molecule has 0 fully saturated rings. The number of nitrogens with one attached hydrogen (secondary N) is 1. The minimum Gasteiger partial charge on any atom is -0.444 e. The van der Waals surface area contributed by atoms with Crippen molar-refractivity contribution in [1.82, 2.24) is 5.43 Å². The lowest BCUT2D eigenvalue weighted by Crippen LogP contribution is -2.16. The molecule has 8 heteroatoms. The third-order valence-electron chi connectivity index (χ3n) is 2.30. The first kappa shape index (κ1) is 13.9. The van der Waals surface area contributed by atoms with Crippen molar-refractivity contribution >= 4 is 33.7 Å². The second-order valence-electron chi connectivity index (χ2n) is 3.62. The van der Waals surface area contributed by atoms with E-state index in [0.29, 0.717) is 10.2 Å². The van der Waals surface area contributed by atoms with Crippen LogP contribution in [0.1, 0.15) is 16.1 Å². The summed E-state index contributed by atoms with van der Waals surface area (Å²) in [6.45, 7) is 0. The maximum atomic E-state index is 11.6. The average Bonchev–Trinajstić information content (AvgIpc) is 2.86. The minimum atomic E-state index is -0.550. The summed E-state index contributed by atoms with van der Waals surface area (Å²) in [5, 5.41) is 14.4. The Morgan fingerprint density at radius 1 is 1.35 bits per heavy atom. The lowest BCUT2D eigenvalue weighted by Gasteiger charge is -1.97. The highest BCUT2D eigenvalue weighted by molar-refractivity contribution is 9.10. The van der Waals surface area contributed by atoms with Crippen LogP contribution in [0.3, 0.4) is 0 Å². The van der Waals surface area contributed by atoms with E-state index in [1.807, 2.05) is 0 Å². The van der Waals surface area contributed by atoms with Gasteiger partial charge in [0.05, 0.1) is 16.7 Å². The number of hydrazone groups is 1. The third-order valence-corrected chi connectivity index (χ3v) is 2.73. The van der Waals surface area contributed by atoms with E-state index in [2.05, 4.69) is 26.5 Å². The summed E-state index contributed by atoms with van der Waals surface area (Å²) in [4.78, 5) is 21.9. The van der Waals surface area contributed by atoms with Crippen LogP contribution in [0.25, 0.3) is 0 Å². The first-order valence-electron chi connectivity index (χ1n) is 5.40. The van der Waals surface area contributed by atoms with Crippen molar-refractivity contribution in [3.8, 4) is 0 Å². The van der Waals surface area contributed by atoms with E-state index in [9.17, 15) is 14.9 Å². The fourth-order valence-electron chi connectivity index (χ4n) is 1.41. The lowest BCUT2D eigenvalue weighted by atomic mass is 10.2. The number of carbonyl (C=O) groups is 1. The first-order chi connectivity index (χ1) is 9.58. The number of carbonyl (C=O) groups excluding carboxylic acids is 1. The molecule has 1 amide bonds. The van der Waals surface area contributed by atoms with Crippen LogP contribution in [0.4, 0.5) is 5.69 Å². The summed E-state index contributed by atoms with van der Waals surface area (Å²) in [7, 11) is 0. The SMILES string of the molecule is O=C(N/N=C\c1ccccc1[N+](=O)[O-])c1ccc(Br)o1. The minimum absolute atomic E-state index is 0.0802. The molecule has 0 aliphatic heterocycles. The Balaban J connectivity index is 2.07. The van der Waals surface area contributed by atoms with Crippen LogP contribution in [0.15, 0.2) is 50.6 Å². The number of hydrogen-bond donors (Lipinski definition) is 1. The van der Waals surface area contributed by atoms with Gasteiger partial charge in [-0.3, -0.25) is 14.9 Å². The molecule has 0 spiro atoms. The predicted molar refractivity (Wildman–Crippen MR) is 74.6 cm³/mol. The number of para-hydroxylation sites is 1. The molecule has 0 radical (unpaired) electrons. The molecule has 0 unspecified atom stereocenters. The van der Waals surface area contributed by atoms with Gasteiger partial charge in [-0.1, -0.05) is 12.1 Å². The van der Waals surface area contributed by atoms with Gasteiger partial charge in [0.1, 0.15) is 0 Å². The fraction of sp³-hybridized carbons (Fsp3) is 0. The maximum absolute atomic E-state index is 11.6. The number of nitro groups is 1. The maximum Gasteiger partial charge on any atom is 0.307 e. The van der Waals surface area contributed by atoms with Crippen molar-refractivity contribution in [2.45, 2.75) is 0 Å². The zero-order chi connectivity index (χ0) is 14.5. The smallest absolute Gasteiger partial charge is 0.307 e. The number of furan rings is 1. The van der Waals surface area contributed by atoms with Crippen molar-refractivity contribution in [1.29, 1.82) is 0 Å². The Labute approximate surface area is 121 Å². The molecule has 0 aliphatic rings. The normalized spacial score (nSPS) is 10.7. The Kier molecular flexibility index (Phi) is 4.26. The molecule has 1 aromatic heterocycles. The van der Waals surface area contributed by atoms with Gasteiger partial charge in [0.15, 0.2) is 10.4 Å². The third kappa shape index (κ3) is 3.29. The number of nitrogens with zero attached hydrogens (tertiary/aromatic N) is 2. The number of amides is 1. The van der Waals surface area contributed by atoms with Crippen LogP contribution >= 0.6 is 15.9 Å². The molecule has 2 aromatic rings. The van der Waals surface area contributed by atoms with Crippen LogP contribution in [-0.2, 0) is 0 Å². The molecule has 1 aromatic carbocycles. The second kappa shape index (κ2) is 6.11. The summed E-state index contributed by atoms with van der Waals surface area (Å²) in [6.07, 6.45) is 1.20. The van der Waals surface area contributed by atoms with Crippen molar-refractivity contribution in [2.24, 2.45) is 5.10 Å². The first-order valence-corrected chi connectivity index (χ1v) is 6.19. The molecule has 2 rings (SSSR count). The van der Waals surface area contributed by atoms with Crippen molar-refractivity contribution in [3.63, 3.8) is 0 Å². The molecule has 0 aliphatic carbocycles. The number of rotatable bonds is 4. The van der Waals surface area contributed by atoms with E-state index in [4.69, 9.17) is 4.42 Å².